The molecule has 2 amide bonds. The van der Waals surface area contributed by atoms with Gasteiger partial charge in [0.15, 0.2) is 0 Å². The molecule has 0 radical (unpaired) electrons. The predicted molar refractivity (Wildman–Crippen MR) is 158 cm³/mol. The molecule has 0 bridgehead atoms. The molecule has 3 aromatic rings. The van der Waals surface area contributed by atoms with Gasteiger partial charge in [0.1, 0.15) is 27.9 Å². The van der Waals surface area contributed by atoms with Gasteiger partial charge in [0.25, 0.3) is 0 Å². The first-order valence-electron chi connectivity index (χ1n) is 14.1. The molecule has 1 unspecified atom stereocenters. The molecule has 0 aromatic carbocycles. The van der Waals surface area contributed by atoms with Crippen LogP contribution in [-0.2, 0) is 26.3 Å². The van der Waals surface area contributed by atoms with E-state index in [4.69, 9.17) is 9.84 Å². The molecule has 1 fully saturated rings. The summed E-state index contributed by atoms with van der Waals surface area (Å²) in [7, 11) is 0. The first kappa shape index (κ1) is 31.7. The molecule has 43 heavy (non-hydrogen) atoms. The van der Waals surface area contributed by atoms with Crippen molar-refractivity contribution in [1.29, 1.82) is 0 Å². The van der Waals surface area contributed by atoms with Crippen LogP contribution in [0.25, 0.3) is 10.7 Å². The normalized spacial score (nSPS) is 14.7. The summed E-state index contributed by atoms with van der Waals surface area (Å²) < 4.78 is 19.5. The number of alkyl carbamates (subject to hydrolysis) is 1. The summed E-state index contributed by atoms with van der Waals surface area (Å²) in [6.07, 6.45) is 6.01. The van der Waals surface area contributed by atoms with Crippen molar-refractivity contribution in [3.63, 3.8) is 0 Å². The number of halogens is 1. The van der Waals surface area contributed by atoms with E-state index < -0.39 is 29.4 Å². The fraction of sp³-hybridized carbons (Fsp3) is 0.483. The number of rotatable bonds is 14. The summed E-state index contributed by atoms with van der Waals surface area (Å²) in [5.41, 5.74) is -0.537. The fourth-order valence-corrected chi connectivity index (χ4v) is 5.42. The van der Waals surface area contributed by atoms with Gasteiger partial charge in [-0.1, -0.05) is 13.3 Å². The van der Waals surface area contributed by atoms with Crippen LogP contribution in [0.15, 0.2) is 36.7 Å². The van der Waals surface area contributed by atoms with Crippen molar-refractivity contribution < 1.29 is 28.6 Å². The van der Waals surface area contributed by atoms with Crippen LogP contribution in [0.2, 0.25) is 0 Å². The molecule has 4 rings (SSSR count). The van der Waals surface area contributed by atoms with Crippen LogP contribution in [0, 0.1) is 11.7 Å². The van der Waals surface area contributed by atoms with Gasteiger partial charge >= 0.3 is 12.1 Å². The molecule has 14 heteroatoms. The van der Waals surface area contributed by atoms with Crippen LogP contribution >= 0.6 is 11.3 Å². The number of pyridine rings is 1. The summed E-state index contributed by atoms with van der Waals surface area (Å²) in [6.45, 7) is 5.45. The first-order chi connectivity index (χ1) is 20.5. The number of carboxylic acid groups (broad SMARTS) is 1. The largest absolute Gasteiger partial charge is 0.481 e. The molecular weight excluding hydrogens is 577 g/mol. The molecular formula is C29H36FN7O5S. The summed E-state index contributed by atoms with van der Waals surface area (Å²) in [5, 5.41) is 26.7. The van der Waals surface area contributed by atoms with Gasteiger partial charge < -0.3 is 25.8 Å². The number of anilines is 1. The van der Waals surface area contributed by atoms with Crippen molar-refractivity contribution in [3.05, 3.63) is 53.0 Å². The number of carbonyl (C=O) groups is 3. The van der Waals surface area contributed by atoms with E-state index in [2.05, 4.69) is 36.1 Å². The van der Waals surface area contributed by atoms with E-state index >= 15 is 0 Å². The van der Waals surface area contributed by atoms with Gasteiger partial charge in [-0.05, 0) is 63.8 Å². The van der Waals surface area contributed by atoms with Crippen LogP contribution < -0.4 is 16.0 Å². The predicted octanol–water partition coefficient (Wildman–Crippen LogP) is 4.29. The van der Waals surface area contributed by atoms with E-state index in [1.165, 1.54) is 17.4 Å². The number of thiazole rings is 1. The molecule has 1 aliphatic carbocycles. The Hall–Kier alpha value is -4.20. The van der Waals surface area contributed by atoms with Crippen molar-refractivity contribution >= 4 is 35.1 Å². The molecule has 12 nitrogen and oxygen atoms in total. The number of hydrogen-bond acceptors (Lipinski definition) is 10. The molecule has 1 atom stereocenters. The third kappa shape index (κ3) is 8.21. The number of aliphatic carboxylic acids is 1. The highest BCUT2D eigenvalue weighted by atomic mass is 32.1. The molecule has 0 spiro atoms. The van der Waals surface area contributed by atoms with Crippen LogP contribution in [0.5, 0.6) is 0 Å². The van der Waals surface area contributed by atoms with E-state index in [1.807, 2.05) is 0 Å². The third-order valence-corrected chi connectivity index (χ3v) is 8.48. The smallest absolute Gasteiger partial charge is 0.407 e. The van der Waals surface area contributed by atoms with Crippen molar-refractivity contribution in [1.82, 2.24) is 30.8 Å². The lowest BCUT2D eigenvalue weighted by Crippen LogP contribution is -2.54. The zero-order valence-electron chi connectivity index (χ0n) is 24.4. The van der Waals surface area contributed by atoms with Gasteiger partial charge in [0.2, 0.25) is 5.91 Å². The van der Waals surface area contributed by atoms with E-state index in [9.17, 15) is 18.8 Å². The minimum Gasteiger partial charge on any atom is -0.481 e. The maximum atomic E-state index is 14.4. The summed E-state index contributed by atoms with van der Waals surface area (Å²) >= 11 is 1.35. The third-order valence-electron chi connectivity index (χ3n) is 7.46. The molecule has 4 N–H and O–H groups in total. The lowest BCUT2D eigenvalue weighted by molar-refractivity contribution is -0.141. The van der Waals surface area contributed by atoms with Gasteiger partial charge in [-0.15, -0.1) is 21.5 Å². The molecule has 0 saturated heterocycles. The molecule has 230 valence electrons. The number of aromatic nitrogens is 4. The topological polar surface area (TPSA) is 168 Å². The summed E-state index contributed by atoms with van der Waals surface area (Å²) in [5.74, 6) is -1.56. The van der Waals surface area contributed by atoms with Crippen molar-refractivity contribution in [3.8, 4) is 10.7 Å². The number of ether oxygens (including phenoxy) is 1. The standard InChI is InChI=1S/C29H36FN7O5S/c1-18(25(38)39)7-5-14-42-27(41)35-28(2,3)26(40)33-16-19-15-32-24(43-19)21-9-10-22(37-36-21)34-17-29(11-6-12-29)23-20(30)8-4-13-31-23/h4,8-10,13,15,18H,5-7,11-12,14,16-17H2,1-3H3,(H,33,40)(H,34,37)(H,35,41)(H,38,39). The Balaban J connectivity index is 1.23. The van der Waals surface area contributed by atoms with E-state index in [-0.39, 0.29) is 24.4 Å². The number of amides is 2. The Labute approximate surface area is 252 Å². The van der Waals surface area contributed by atoms with Gasteiger partial charge in [-0.25, -0.2) is 14.2 Å². The maximum absolute atomic E-state index is 14.4. The van der Waals surface area contributed by atoms with Crippen LogP contribution in [0.1, 0.15) is 63.4 Å². The number of nitrogens with zero attached hydrogens (tertiary/aromatic N) is 4. The molecule has 0 aliphatic heterocycles. The Morgan fingerprint density at radius 2 is 1.98 bits per heavy atom. The van der Waals surface area contributed by atoms with Crippen LogP contribution in [0.4, 0.5) is 15.0 Å². The zero-order valence-corrected chi connectivity index (χ0v) is 25.2. The Bertz CT molecular complexity index is 1430. The van der Waals surface area contributed by atoms with Crippen LogP contribution in [0.3, 0.4) is 0 Å². The van der Waals surface area contributed by atoms with Crippen LogP contribution in [-0.4, -0.2) is 61.9 Å². The van der Waals surface area contributed by atoms with Gasteiger partial charge in [-0.3, -0.25) is 14.6 Å². The Morgan fingerprint density at radius 1 is 1.19 bits per heavy atom. The summed E-state index contributed by atoms with van der Waals surface area (Å²) in [4.78, 5) is 45.2. The average Bonchev–Trinajstić information content (AvgIpc) is 3.43. The lowest BCUT2D eigenvalue weighted by atomic mass is 9.66. The van der Waals surface area contributed by atoms with Crippen molar-refractivity contribution in [2.75, 3.05) is 18.5 Å². The fourth-order valence-electron chi connectivity index (χ4n) is 4.60. The Kier molecular flexibility index (Phi) is 10.2. The quantitative estimate of drug-likeness (QED) is 0.193. The first-order valence-corrected chi connectivity index (χ1v) is 14.9. The highest BCUT2D eigenvalue weighted by Gasteiger charge is 2.41. The second kappa shape index (κ2) is 13.8. The van der Waals surface area contributed by atoms with E-state index in [0.717, 1.165) is 24.1 Å². The maximum Gasteiger partial charge on any atom is 0.407 e. The minimum atomic E-state index is -1.24. The van der Waals surface area contributed by atoms with Gasteiger partial charge in [-0.2, -0.15) is 0 Å². The van der Waals surface area contributed by atoms with E-state index in [1.54, 1.807) is 51.4 Å². The zero-order chi connectivity index (χ0) is 31.0. The van der Waals surface area contributed by atoms with Gasteiger partial charge in [0, 0.05) is 29.2 Å². The second-order valence-corrected chi connectivity index (χ2v) is 12.3. The monoisotopic (exact) mass is 613 g/mol. The highest BCUT2D eigenvalue weighted by Crippen LogP contribution is 2.43. The number of carbonyl (C=O) groups excluding carboxylic acids is 2. The highest BCUT2D eigenvalue weighted by molar-refractivity contribution is 7.15. The number of carboxylic acids is 1. The SMILES string of the molecule is CC(CCCOC(=O)NC(C)(C)C(=O)NCc1cnc(-c2ccc(NCC3(c4ncccc4F)CCC3)nn2)s1)C(=O)O. The van der Waals surface area contributed by atoms with E-state index in [0.29, 0.717) is 41.6 Å². The van der Waals surface area contributed by atoms with Gasteiger partial charge in [0.05, 0.1) is 24.8 Å². The number of nitrogens with one attached hydrogen (secondary N) is 3. The minimum absolute atomic E-state index is 0.0522. The lowest BCUT2D eigenvalue weighted by Gasteiger charge is -2.41. The Morgan fingerprint density at radius 3 is 2.63 bits per heavy atom. The molecule has 1 aliphatic rings. The molecule has 1 saturated carbocycles. The summed E-state index contributed by atoms with van der Waals surface area (Å²) in [6, 6.07) is 6.63. The molecule has 3 aromatic heterocycles. The van der Waals surface area contributed by atoms with Crippen molar-refractivity contribution in [2.45, 2.75) is 70.4 Å². The van der Waals surface area contributed by atoms with Crippen molar-refractivity contribution in [2.24, 2.45) is 5.92 Å². The number of hydrogen-bond donors (Lipinski definition) is 4. The average molecular weight is 614 g/mol. The second-order valence-electron chi connectivity index (χ2n) is 11.2. The molecule has 3 heterocycles.